The molecule has 2 rings (SSSR count). The van der Waals surface area contributed by atoms with Crippen molar-refractivity contribution in [3.63, 3.8) is 0 Å². The van der Waals surface area contributed by atoms with Crippen LogP contribution < -0.4 is 0 Å². The Kier molecular flexibility index (Phi) is 4.45. The van der Waals surface area contributed by atoms with Gasteiger partial charge in [0.2, 0.25) is 0 Å². The molecule has 19 heavy (non-hydrogen) atoms. The van der Waals surface area contributed by atoms with Gasteiger partial charge < -0.3 is 14.2 Å². The third kappa shape index (κ3) is 1.84. The fourth-order valence-corrected chi connectivity index (χ4v) is 6.70. The lowest BCUT2D eigenvalue weighted by atomic mass is 9.78. The SMILES string of the molecule is COC(=O)[C@]1(Br)[C@H]2O[C@@H]([C@H](Br)[C@H]2Br)[C@@]1(Br)C(=O)OC. The zero-order valence-corrected chi connectivity index (χ0v) is 16.2. The van der Waals surface area contributed by atoms with E-state index in [2.05, 4.69) is 63.7 Å². The topological polar surface area (TPSA) is 61.8 Å². The lowest BCUT2D eigenvalue weighted by Crippen LogP contribution is -2.67. The van der Waals surface area contributed by atoms with Crippen LogP contribution in [0.15, 0.2) is 0 Å². The highest BCUT2D eigenvalue weighted by atomic mass is 79.9. The first-order valence-electron chi connectivity index (χ1n) is 5.25. The van der Waals surface area contributed by atoms with Crippen LogP contribution in [0.1, 0.15) is 0 Å². The van der Waals surface area contributed by atoms with Crippen LogP contribution in [0.25, 0.3) is 0 Å². The Morgan fingerprint density at radius 2 is 1.26 bits per heavy atom. The van der Waals surface area contributed by atoms with E-state index < -0.39 is 32.8 Å². The van der Waals surface area contributed by atoms with E-state index >= 15 is 0 Å². The zero-order valence-electron chi connectivity index (χ0n) is 9.86. The first kappa shape index (κ1) is 16.2. The third-order valence-electron chi connectivity index (χ3n) is 3.45. The van der Waals surface area contributed by atoms with Crippen molar-refractivity contribution in [2.24, 2.45) is 0 Å². The van der Waals surface area contributed by atoms with Crippen molar-refractivity contribution in [2.45, 2.75) is 30.5 Å². The summed E-state index contributed by atoms with van der Waals surface area (Å²) in [5.41, 5.74) is 0. The molecule has 0 spiro atoms. The van der Waals surface area contributed by atoms with Gasteiger partial charge in [0, 0.05) is 0 Å². The van der Waals surface area contributed by atoms with E-state index in [1.807, 2.05) is 0 Å². The second kappa shape index (κ2) is 5.23. The van der Waals surface area contributed by atoms with Crippen LogP contribution in [0.2, 0.25) is 0 Å². The number of rotatable bonds is 2. The Morgan fingerprint density at radius 3 is 1.53 bits per heavy atom. The molecule has 6 atom stereocenters. The molecule has 0 aromatic rings. The zero-order chi connectivity index (χ0) is 14.6. The summed E-state index contributed by atoms with van der Waals surface area (Å²) in [7, 11) is 2.52. The number of ether oxygens (including phenoxy) is 3. The van der Waals surface area contributed by atoms with Crippen LogP contribution in [0.5, 0.6) is 0 Å². The molecule has 5 nitrogen and oxygen atoms in total. The summed E-state index contributed by atoms with van der Waals surface area (Å²) in [6, 6.07) is 0. The van der Waals surface area contributed by atoms with Crippen molar-refractivity contribution in [3.8, 4) is 0 Å². The van der Waals surface area contributed by atoms with E-state index in [1.165, 1.54) is 14.2 Å². The van der Waals surface area contributed by atoms with E-state index in [-0.39, 0.29) is 9.65 Å². The van der Waals surface area contributed by atoms with E-state index in [9.17, 15) is 9.59 Å². The van der Waals surface area contributed by atoms with E-state index in [1.54, 1.807) is 0 Å². The monoisotopic (exact) mass is 526 g/mol. The smallest absolute Gasteiger partial charge is 0.327 e. The van der Waals surface area contributed by atoms with Crippen molar-refractivity contribution in [1.82, 2.24) is 0 Å². The molecule has 0 aromatic carbocycles. The summed E-state index contributed by atoms with van der Waals surface area (Å²) in [5, 5.41) is 0. The predicted octanol–water partition coefficient (Wildman–Crippen LogP) is 1.91. The lowest BCUT2D eigenvalue weighted by Gasteiger charge is -2.42. The van der Waals surface area contributed by atoms with Gasteiger partial charge in [-0.2, -0.15) is 0 Å². The number of carbonyl (C=O) groups is 2. The highest BCUT2D eigenvalue weighted by molar-refractivity contribution is 9.14. The predicted molar refractivity (Wildman–Crippen MR) is 81.4 cm³/mol. The molecule has 0 unspecified atom stereocenters. The number of fused-ring (bicyclic) bond motifs is 2. The summed E-state index contributed by atoms with van der Waals surface area (Å²) >= 11 is 13.7. The van der Waals surface area contributed by atoms with Crippen LogP contribution >= 0.6 is 63.7 Å². The minimum Gasteiger partial charge on any atom is -0.468 e. The number of halogens is 4. The van der Waals surface area contributed by atoms with Gasteiger partial charge >= 0.3 is 11.9 Å². The van der Waals surface area contributed by atoms with Crippen LogP contribution in [-0.2, 0) is 23.8 Å². The largest absolute Gasteiger partial charge is 0.468 e. The summed E-state index contributed by atoms with van der Waals surface area (Å²) in [4.78, 5) is 24.1. The van der Waals surface area contributed by atoms with Crippen LogP contribution in [0, 0.1) is 0 Å². The van der Waals surface area contributed by atoms with Gasteiger partial charge in [-0.25, -0.2) is 0 Å². The van der Waals surface area contributed by atoms with Crippen molar-refractivity contribution < 1.29 is 23.8 Å². The molecule has 9 heteroatoms. The maximum Gasteiger partial charge on any atom is 0.327 e. The molecule has 2 aliphatic rings. The first-order chi connectivity index (χ1) is 8.76. The Morgan fingerprint density at radius 1 is 0.947 bits per heavy atom. The number of hydrogen-bond acceptors (Lipinski definition) is 5. The standard InChI is InChI=1S/C10H10Br4O5/c1-17-7(15)9(13)5-3(11)4(12)6(19-5)10(9,14)8(16)18-2/h3-6H,1-2H3/t3-,4-,5+,6+,9-,10-/m1/s1. The minimum absolute atomic E-state index is 0.147. The van der Waals surface area contributed by atoms with Crippen molar-refractivity contribution >= 4 is 75.7 Å². The summed E-state index contributed by atoms with van der Waals surface area (Å²) in [6.45, 7) is 0. The Bertz CT molecular complexity index is 394. The minimum atomic E-state index is -1.36. The normalized spacial score (nSPS) is 48.1. The quantitative estimate of drug-likeness (QED) is 0.404. The number of hydrogen-bond donors (Lipinski definition) is 0. The molecule has 0 radical (unpaired) electrons. The molecule has 2 aliphatic heterocycles. The second-order valence-corrected chi connectivity index (χ2v) is 8.89. The summed E-state index contributed by atoms with van der Waals surface area (Å²) < 4.78 is 12.7. The lowest BCUT2D eigenvalue weighted by molar-refractivity contribution is -0.152. The summed E-state index contributed by atoms with van der Waals surface area (Å²) in [5.74, 6) is -1.18. The van der Waals surface area contributed by atoms with Gasteiger partial charge in [-0.1, -0.05) is 63.7 Å². The molecule has 0 aliphatic carbocycles. The number of carbonyl (C=O) groups excluding carboxylic acids is 2. The fourth-order valence-electron chi connectivity index (χ4n) is 2.51. The molecule has 2 saturated heterocycles. The summed E-state index contributed by atoms with van der Waals surface area (Å²) in [6.07, 6.45) is -1.15. The molecule has 2 bridgehead atoms. The van der Waals surface area contributed by atoms with Gasteiger partial charge in [0.1, 0.15) is 0 Å². The highest BCUT2D eigenvalue weighted by Crippen LogP contribution is 2.61. The van der Waals surface area contributed by atoms with Crippen molar-refractivity contribution in [2.75, 3.05) is 14.2 Å². The van der Waals surface area contributed by atoms with Gasteiger partial charge in [0.05, 0.1) is 36.1 Å². The first-order valence-corrected chi connectivity index (χ1v) is 8.66. The third-order valence-corrected chi connectivity index (χ3v) is 9.60. The fraction of sp³-hybridized carbons (Fsp3) is 0.800. The molecule has 0 amide bonds. The molecule has 108 valence electrons. The molecule has 2 fully saturated rings. The molecule has 0 N–H and O–H groups in total. The Labute approximate surface area is 143 Å². The highest BCUT2D eigenvalue weighted by Gasteiger charge is 2.80. The average molecular weight is 530 g/mol. The van der Waals surface area contributed by atoms with Crippen molar-refractivity contribution in [3.05, 3.63) is 0 Å². The van der Waals surface area contributed by atoms with Crippen LogP contribution in [0.4, 0.5) is 0 Å². The van der Waals surface area contributed by atoms with Gasteiger partial charge in [-0.05, 0) is 0 Å². The van der Waals surface area contributed by atoms with Crippen LogP contribution in [0.3, 0.4) is 0 Å². The molecule has 2 heterocycles. The van der Waals surface area contributed by atoms with Gasteiger partial charge in [0.25, 0.3) is 0 Å². The number of esters is 2. The Balaban J connectivity index is 2.56. The average Bonchev–Trinajstić information content (AvgIpc) is 2.83. The van der Waals surface area contributed by atoms with E-state index in [4.69, 9.17) is 14.2 Å². The number of alkyl halides is 4. The van der Waals surface area contributed by atoms with Gasteiger partial charge in [0.15, 0.2) is 8.65 Å². The maximum atomic E-state index is 12.2. The van der Waals surface area contributed by atoms with Crippen molar-refractivity contribution in [1.29, 1.82) is 0 Å². The second-order valence-electron chi connectivity index (χ2n) is 4.27. The van der Waals surface area contributed by atoms with Gasteiger partial charge in [-0.3, -0.25) is 9.59 Å². The van der Waals surface area contributed by atoms with Gasteiger partial charge in [-0.15, -0.1) is 0 Å². The van der Waals surface area contributed by atoms with Crippen LogP contribution in [-0.4, -0.2) is 56.7 Å². The Hall–Kier alpha value is 0.820. The molecule has 0 aromatic heterocycles. The number of methoxy groups -OCH3 is 2. The van der Waals surface area contributed by atoms with E-state index in [0.29, 0.717) is 0 Å². The maximum absolute atomic E-state index is 12.2. The molecular formula is C10H10Br4O5. The molecular weight excluding hydrogens is 520 g/mol. The molecule has 0 saturated carbocycles. The van der Waals surface area contributed by atoms with E-state index in [0.717, 1.165) is 0 Å².